The number of carbonyl (C=O) groups excluding carboxylic acids is 1. The van der Waals surface area contributed by atoms with Crippen molar-refractivity contribution in [1.82, 2.24) is 19.4 Å². The van der Waals surface area contributed by atoms with Crippen molar-refractivity contribution in [3.8, 4) is 5.82 Å². The smallest absolute Gasteiger partial charge is 0.255 e. The Morgan fingerprint density at radius 1 is 1.04 bits per heavy atom. The Hall–Kier alpha value is -2.95. The van der Waals surface area contributed by atoms with E-state index in [0.29, 0.717) is 5.56 Å². The third kappa shape index (κ3) is 3.38. The quantitative estimate of drug-likeness (QED) is 0.719. The van der Waals surface area contributed by atoms with E-state index in [1.165, 1.54) is 12.0 Å². The Labute approximate surface area is 153 Å². The minimum absolute atomic E-state index is 0.0606. The lowest BCUT2D eigenvalue weighted by molar-refractivity contribution is 0.0680. The molecule has 0 N–H and O–H groups in total. The lowest BCUT2D eigenvalue weighted by Gasteiger charge is -2.30. The van der Waals surface area contributed by atoms with E-state index in [0.717, 1.165) is 31.6 Å². The van der Waals surface area contributed by atoms with Crippen LogP contribution in [0.4, 0.5) is 0 Å². The van der Waals surface area contributed by atoms with Gasteiger partial charge in [-0.1, -0.05) is 43.2 Å². The molecule has 1 aromatic carbocycles. The Balaban J connectivity index is 1.60. The zero-order valence-corrected chi connectivity index (χ0v) is 14.7. The second-order valence-corrected chi connectivity index (χ2v) is 6.65. The number of hydrogen-bond acceptors (Lipinski definition) is 3. The van der Waals surface area contributed by atoms with Crippen LogP contribution >= 0.6 is 0 Å². The zero-order valence-electron chi connectivity index (χ0n) is 14.7. The van der Waals surface area contributed by atoms with Gasteiger partial charge in [-0.05, 0) is 30.5 Å². The van der Waals surface area contributed by atoms with Gasteiger partial charge in [-0.3, -0.25) is 9.36 Å². The summed E-state index contributed by atoms with van der Waals surface area (Å²) in [5.74, 6) is 0.819. The largest absolute Gasteiger partial charge is 0.332 e. The molecular formula is C21H22N4O. The molecule has 1 saturated heterocycles. The van der Waals surface area contributed by atoms with Gasteiger partial charge in [0.25, 0.3) is 5.91 Å². The molecule has 0 radical (unpaired) electrons. The molecule has 0 bridgehead atoms. The Bertz CT molecular complexity index is 843. The maximum Gasteiger partial charge on any atom is 0.255 e. The van der Waals surface area contributed by atoms with Gasteiger partial charge in [0, 0.05) is 25.1 Å². The first-order valence-electron chi connectivity index (χ1n) is 9.13. The molecule has 132 valence electrons. The van der Waals surface area contributed by atoms with Crippen molar-refractivity contribution in [3.05, 3.63) is 78.5 Å². The molecule has 26 heavy (non-hydrogen) atoms. The van der Waals surface area contributed by atoms with Crippen LogP contribution < -0.4 is 0 Å². The molecule has 0 aliphatic carbocycles. The topological polar surface area (TPSA) is 51.0 Å². The summed E-state index contributed by atoms with van der Waals surface area (Å²) in [5, 5.41) is 0. The Kier molecular flexibility index (Phi) is 4.78. The van der Waals surface area contributed by atoms with Crippen molar-refractivity contribution in [2.45, 2.75) is 31.7 Å². The van der Waals surface area contributed by atoms with E-state index in [1.54, 1.807) is 18.7 Å². The monoisotopic (exact) mass is 346 g/mol. The third-order valence-electron chi connectivity index (χ3n) is 4.96. The summed E-state index contributed by atoms with van der Waals surface area (Å²) < 4.78 is 1.83. The first-order chi connectivity index (χ1) is 12.8. The second-order valence-electron chi connectivity index (χ2n) is 6.65. The van der Waals surface area contributed by atoms with Crippen LogP contribution in [0.3, 0.4) is 0 Å². The Morgan fingerprint density at radius 3 is 2.65 bits per heavy atom. The number of benzene rings is 1. The van der Waals surface area contributed by atoms with Gasteiger partial charge in [-0.2, -0.15) is 0 Å². The highest BCUT2D eigenvalue weighted by Gasteiger charge is 2.27. The van der Waals surface area contributed by atoms with Gasteiger partial charge in [0.05, 0.1) is 11.6 Å². The fraction of sp³-hybridized carbons (Fsp3) is 0.286. The number of rotatable bonds is 3. The maximum atomic E-state index is 13.2. The summed E-state index contributed by atoms with van der Waals surface area (Å²) in [6, 6.07) is 14.2. The number of hydrogen-bond donors (Lipinski definition) is 0. The summed E-state index contributed by atoms with van der Waals surface area (Å²) in [7, 11) is 0. The van der Waals surface area contributed by atoms with Crippen LogP contribution in [-0.4, -0.2) is 31.9 Å². The molecule has 5 nitrogen and oxygen atoms in total. The van der Waals surface area contributed by atoms with E-state index in [4.69, 9.17) is 0 Å². The zero-order chi connectivity index (χ0) is 17.8. The molecule has 0 unspecified atom stereocenters. The lowest BCUT2D eigenvalue weighted by atomic mass is 10.0. The minimum atomic E-state index is 0.0606. The fourth-order valence-electron chi connectivity index (χ4n) is 3.60. The van der Waals surface area contributed by atoms with E-state index in [1.807, 2.05) is 46.0 Å². The number of carbonyl (C=O) groups is 1. The summed E-state index contributed by atoms with van der Waals surface area (Å²) in [5.41, 5.74) is 1.85. The van der Waals surface area contributed by atoms with Crippen LogP contribution in [0.15, 0.2) is 67.4 Å². The van der Waals surface area contributed by atoms with Gasteiger partial charge in [0.15, 0.2) is 0 Å². The van der Waals surface area contributed by atoms with Crippen LogP contribution in [0.5, 0.6) is 0 Å². The van der Waals surface area contributed by atoms with Crippen LogP contribution in [0.1, 0.15) is 47.6 Å². The third-order valence-corrected chi connectivity index (χ3v) is 4.96. The van der Waals surface area contributed by atoms with Gasteiger partial charge in [0.1, 0.15) is 12.1 Å². The highest BCUT2D eigenvalue weighted by atomic mass is 16.2. The average Bonchev–Trinajstić information content (AvgIpc) is 3.13. The number of amides is 1. The van der Waals surface area contributed by atoms with Crippen molar-refractivity contribution < 1.29 is 4.79 Å². The summed E-state index contributed by atoms with van der Waals surface area (Å²) in [4.78, 5) is 23.7. The van der Waals surface area contributed by atoms with E-state index < -0.39 is 0 Å². The predicted molar refractivity (Wildman–Crippen MR) is 100 cm³/mol. The molecule has 3 aromatic rings. The molecule has 2 aromatic heterocycles. The lowest BCUT2D eigenvalue weighted by Crippen LogP contribution is -2.34. The molecule has 0 spiro atoms. The number of nitrogens with zero attached hydrogens (tertiary/aromatic N) is 4. The Morgan fingerprint density at radius 2 is 1.92 bits per heavy atom. The number of aromatic nitrogens is 3. The summed E-state index contributed by atoms with van der Waals surface area (Å²) in [6.07, 6.45) is 11.3. The van der Waals surface area contributed by atoms with Crippen LogP contribution in [0.25, 0.3) is 5.82 Å². The molecule has 1 amide bonds. The first kappa shape index (κ1) is 16.5. The number of imidazole rings is 1. The van der Waals surface area contributed by atoms with Crippen LogP contribution in [-0.2, 0) is 0 Å². The predicted octanol–water partition coefficient (Wildman–Crippen LogP) is 4.02. The normalized spacial score (nSPS) is 17.7. The van der Waals surface area contributed by atoms with E-state index in [2.05, 4.69) is 22.1 Å². The van der Waals surface area contributed by atoms with E-state index in [9.17, 15) is 4.79 Å². The van der Waals surface area contributed by atoms with Crippen molar-refractivity contribution in [3.63, 3.8) is 0 Å². The molecule has 1 fully saturated rings. The van der Waals surface area contributed by atoms with Crippen molar-refractivity contribution in [2.24, 2.45) is 0 Å². The number of likely N-dealkylation sites (tertiary alicyclic amines) is 1. The van der Waals surface area contributed by atoms with Gasteiger partial charge >= 0.3 is 0 Å². The standard InChI is InChI=1S/C21H22N4O/c26-21(18-10-11-20(23-15-18)24-14-12-22-16-24)25-13-6-2-5-9-19(25)17-7-3-1-4-8-17/h1,3-4,7-8,10-12,14-16,19H,2,5-6,9,13H2/t19-/m1/s1. The highest BCUT2D eigenvalue weighted by Crippen LogP contribution is 2.31. The molecule has 1 aliphatic heterocycles. The fourth-order valence-corrected chi connectivity index (χ4v) is 3.60. The highest BCUT2D eigenvalue weighted by molar-refractivity contribution is 5.94. The minimum Gasteiger partial charge on any atom is -0.332 e. The van der Waals surface area contributed by atoms with Crippen molar-refractivity contribution in [1.29, 1.82) is 0 Å². The molecule has 1 aliphatic rings. The van der Waals surface area contributed by atoms with Gasteiger partial charge in [-0.25, -0.2) is 9.97 Å². The summed E-state index contributed by atoms with van der Waals surface area (Å²) >= 11 is 0. The van der Waals surface area contributed by atoms with E-state index in [-0.39, 0.29) is 11.9 Å². The van der Waals surface area contributed by atoms with Gasteiger partial charge in [0.2, 0.25) is 0 Å². The molecule has 4 rings (SSSR count). The van der Waals surface area contributed by atoms with Gasteiger partial charge < -0.3 is 4.90 Å². The molecule has 5 heteroatoms. The SMILES string of the molecule is O=C(c1ccc(-n2ccnc2)nc1)N1CCCCC[C@@H]1c1ccccc1. The molecule has 3 heterocycles. The van der Waals surface area contributed by atoms with Crippen LogP contribution in [0.2, 0.25) is 0 Å². The van der Waals surface area contributed by atoms with Crippen molar-refractivity contribution >= 4 is 5.91 Å². The van der Waals surface area contributed by atoms with Crippen molar-refractivity contribution in [2.75, 3.05) is 6.54 Å². The molecular weight excluding hydrogens is 324 g/mol. The molecule has 0 saturated carbocycles. The van der Waals surface area contributed by atoms with E-state index >= 15 is 0 Å². The van der Waals surface area contributed by atoms with Crippen LogP contribution in [0, 0.1) is 0 Å². The summed E-state index contributed by atoms with van der Waals surface area (Å²) in [6.45, 7) is 0.793. The molecule has 1 atom stereocenters. The van der Waals surface area contributed by atoms with Gasteiger partial charge in [-0.15, -0.1) is 0 Å². The first-order valence-corrected chi connectivity index (χ1v) is 9.13. The maximum absolute atomic E-state index is 13.2. The second kappa shape index (κ2) is 7.52. The number of pyridine rings is 1. The average molecular weight is 346 g/mol.